The lowest BCUT2D eigenvalue weighted by Crippen LogP contribution is -2.27. The van der Waals surface area contributed by atoms with Crippen molar-refractivity contribution in [3.63, 3.8) is 0 Å². The number of rotatable bonds is 4. The van der Waals surface area contributed by atoms with E-state index in [4.69, 9.17) is 0 Å². The van der Waals surface area contributed by atoms with E-state index in [1.165, 1.54) is 44.3 Å². The van der Waals surface area contributed by atoms with Crippen LogP contribution in [0, 0.1) is 5.92 Å². The molecule has 0 bridgehead atoms. The van der Waals surface area contributed by atoms with Crippen LogP contribution in [-0.4, -0.2) is 22.2 Å². The zero-order valence-corrected chi connectivity index (χ0v) is 9.82. The van der Waals surface area contributed by atoms with Crippen LogP contribution in [0.1, 0.15) is 51.4 Å². The minimum Gasteiger partial charge on any atom is -0.389 e. The van der Waals surface area contributed by atoms with E-state index in [1.807, 2.05) is 11.8 Å². The molecule has 2 aliphatic carbocycles. The minimum absolute atomic E-state index is 0.288. The first-order valence-electron chi connectivity index (χ1n) is 6.09. The van der Waals surface area contributed by atoms with Crippen molar-refractivity contribution in [2.24, 2.45) is 5.92 Å². The van der Waals surface area contributed by atoms with Crippen molar-refractivity contribution in [1.82, 2.24) is 0 Å². The fourth-order valence-corrected chi connectivity index (χ4v) is 4.22. The molecule has 0 unspecified atom stereocenters. The second kappa shape index (κ2) is 4.89. The third-order valence-electron chi connectivity index (χ3n) is 3.73. The van der Waals surface area contributed by atoms with Crippen LogP contribution in [-0.2, 0) is 0 Å². The summed E-state index contributed by atoms with van der Waals surface area (Å²) in [5.41, 5.74) is -0.288. The van der Waals surface area contributed by atoms with E-state index in [1.54, 1.807) is 0 Å². The lowest BCUT2D eigenvalue weighted by molar-refractivity contribution is 0.0732. The monoisotopic (exact) mass is 214 g/mol. The average molecular weight is 214 g/mol. The molecule has 0 aromatic carbocycles. The molecule has 2 fully saturated rings. The molecular weight excluding hydrogens is 192 g/mol. The number of aliphatic hydroxyl groups is 1. The lowest BCUT2D eigenvalue weighted by atomic mass is 10.1. The first kappa shape index (κ1) is 10.8. The fraction of sp³-hybridized carbons (Fsp3) is 1.00. The molecule has 82 valence electrons. The highest BCUT2D eigenvalue weighted by molar-refractivity contribution is 7.99. The zero-order chi connectivity index (χ0) is 9.86. The van der Waals surface area contributed by atoms with Crippen LogP contribution in [0.3, 0.4) is 0 Å². The molecule has 0 saturated heterocycles. The molecule has 0 aromatic heterocycles. The van der Waals surface area contributed by atoms with Gasteiger partial charge in [-0.25, -0.2) is 0 Å². The molecule has 1 N–H and O–H groups in total. The van der Waals surface area contributed by atoms with Crippen LogP contribution in [0.25, 0.3) is 0 Å². The highest BCUT2D eigenvalue weighted by Crippen LogP contribution is 2.34. The van der Waals surface area contributed by atoms with Crippen LogP contribution in [0.2, 0.25) is 0 Å². The van der Waals surface area contributed by atoms with Gasteiger partial charge in [0.05, 0.1) is 5.60 Å². The molecule has 0 atom stereocenters. The van der Waals surface area contributed by atoms with Gasteiger partial charge in [0.2, 0.25) is 0 Å². The van der Waals surface area contributed by atoms with Gasteiger partial charge in [0.25, 0.3) is 0 Å². The van der Waals surface area contributed by atoms with E-state index < -0.39 is 0 Å². The highest BCUT2D eigenvalue weighted by Gasteiger charge is 2.31. The van der Waals surface area contributed by atoms with E-state index in [9.17, 15) is 5.11 Å². The predicted octanol–water partition coefficient (Wildman–Crippen LogP) is 3.21. The summed E-state index contributed by atoms with van der Waals surface area (Å²) in [5.74, 6) is 3.25. The van der Waals surface area contributed by atoms with Gasteiger partial charge in [0, 0.05) is 5.75 Å². The van der Waals surface area contributed by atoms with E-state index in [2.05, 4.69) is 0 Å². The van der Waals surface area contributed by atoms with Crippen molar-refractivity contribution in [3.05, 3.63) is 0 Å². The number of hydrogen-bond acceptors (Lipinski definition) is 2. The standard InChI is InChI=1S/C12H22OS/c13-12(7-3-4-8-12)10-14-9-11-5-1-2-6-11/h11,13H,1-10H2. The number of hydrogen-bond donors (Lipinski definition) is 1. The third kappa shape index (κ3) is 2.90. The summed E-state index contributed by atoms with van der Waals surface area (Å²) in [4.78, 5) is 0. The summed E-state index contributed by atoms with van der Waals surface area (Å²) in [6.45, 7) is 0. The van der Waals surface area contributed by atoms with Gasteiger partial charge >= 0.3 is 0 Å². The van der Waals surface area contributed by atoms with Gasteiger partial charge in [-0.2, -0.15) is 11.8 Å². The van der Waals surface area contributed by atoms with Crippen LogP contribution in [0.4, 0.5) is 0 Å². The van der Waals surface area contributed by atoms with Crippen molar-refractivity contribution in [1.29, 1.82) is 0 Å². The second-order valence-corrected chi connectivity index (χ2v) is 6.13. The molecule has 0 radical (unpaired) electrons. The van der Waals surface area contributed by atoms with E-state index in [0.717, 1.165) is 24.5 Å². The maximum absolute atomic E-state index is 10.1. The van der Waals surface area contributed by atoms with Crippen LogP contribution in [0.5, 0.6) is 0 Å². The highest BCUT2D eigenvalue weighted by atomic mass is 32.2. The van der Waals surface area contributed by atoms with Gasteiger partial charge in [-0.3, -0.25) is 0 Å². The first-order valence-corrected chi connectivity index (χ1v) is 7.24. The van der Waals surface area contributed by atoms with Gasteiger partial charge in [-0.15, -0.1) is 0 Å². The molecule has 2 aliphatic rings. The average Bonchev–Trinajstić information content (AvgIpc) is 2.77. The Morgan fingerprint density at radius 3 is 2.36 bits per heavy atom. The Morgan fingerprint density at radius 2 is 1.71 bits per heavy atom. The Labute approximate surface area is 91.7 Å². The quantitative estimate of drug-likeness (QED) is 0.775. The summed E-state index contributed by atoms with van der Waals surface area (Å²) in [7, 11) is 0. The maximum atomic E-state index is 10.1. The molecule has 2 rings (SSSR count). The minimum atomic E-state index is -0.288. The summed E-state index contributed by atoms with van der Waals surface area (Å²) in [6.07, 6.45) is 10.3. The Morgan fingerprint density at radius 1 is 1.07 bits per heavy atom. The van der Waals surface area contributed by atoms with Crippen molar-refractivity contribution >= 4 is 11.8 Å². The fourth-order valence-electron chi connectivity index (χ4n) is 2.77. The summed E-state index contributed by atoms with van der Waals surface area (Å²) in [5, 5.41) is 10.1. The van der Waals surface area contributed by atoms with Crippen molar-refractivity contribution in [3.8, 4) is 0 Å². The third-order valence-corrected chi connectivity index (χ3v) is 5.18. The van der Waals surface area contributed by atoms with Gasteiger partial charge < -0.3 is 5.11 Å². The van der Waals surface area contributed by atoms with E-state index in [-0.39, 0.29) is 5.60 Å². The lowest BCUT2D eigenvalue weighted by Gasteiger charge is -2.22. The van der Waals surface area contributed by atoms with Crippen LogP contribution >= 0.6 is 11.8 Å². The van der Waals surface area contributed by atoms with E-state index in [0.29, 0.717) is 0 Å². The molecular formula is C12H22OS. The summed E-state index contributed by atoms with van der Waals surface area (Å²) >= 11 is 2.00. The number of thioether (sulfide) groups is 1. The Kier molecular flexibility index (Phi) is 3.78. The molecule has 0 spiro atoms. The topological polar surface area (TPSA) is 20.2 Å². The van der Waals surface area contributed by atoms with Crippen molar-refractivity contribution < 1.29 is 5.11 Å². The Hall–Kier alpha value is 0.310. The maximum Gasteiger partial charge on any atom is 0.0737 e. The first-order chi connectivity index (χ1) is 6.79. The smallest absolute Gasteiger partial charge is 0.0737 e. The molecule has 2 saturated carbocycles. The normalized spacial score (nSPS) is 27.2. The summed E-state index contributed by atoms with van der Waals surface area (Å²) in [6, 6.07) is 0. The predicted molar refractivity (Wildman–Crippen MR) is 62.7 cm³/mol. The largest absolute Gasteiger partial charge is 0.389 e. The SMILES string of the molecule is OC1(CSCC2CCCC2)CCCC1. The molecule has 0 heterocycles. The molecule has 1 nitrogen and oxygen atoms in total. The van der Waals surface area contributed by atoms with E-state index >= 15 is 0 Å². The van der Waals surface area contributed by atoms with Gasteiger partial charge in [0.1, 0.15) is 0 Å². The molecule has 14 heavy (non-hydrogen) atoms. The van der Waals surface area contributed by atoms with Crippen molar-refractivity contribution in [2.45, 2.75) is 57.0 Å². The van der Waals surface area contributed by atoms with Gasteiger partial charge in [-0.05, 0) is 37.4 Å². The zero-order valence-electron chi connectivity index (χ0n) is 9.00. The Balaban J connectivity index is 1.61. The van der Waals surface area contributed by atoms with Gasteiger partial charge in [0.15, 0.2) is 0 Å². The second-order valence-electron chi connectivity index (χ2n) is 5.10. The molecule has 0 amide bonds. The van der Waals surface area contributed by atoms with Gasteiger partial charge in [-0.1, -0.05) is 25.7 Å². The van der Waals surface area contributed by atoms with Crippen molar-refractivity contribution in [2.75, 3.05) is 11.5 Å². The molecule has 2 heteroatoms. The molecule has 0 aliphatic heterocycles. The molecule has 0 aromatic rings. The van der Waals surface area contributed by atoms with Crippen LogP contribution in [0.15, 0.2) is 0 Å². The summed E-state index contributed by atoms with van der Waals surface area (Å²) < 4.78 is 0. The Bertz CT molecular complexity index is 169. The van der Waals surface area contributed by atoms with Crippen LogP contribution < -0.4 is 0 Å².